The van der Waals surface area contributed by atoms with Gasteiger partial charge in [-0.25, -0.2) is 4.98 Å². The predicted molar refractivity (Wildman–Crippen MR) is 102 cm³/mol. The molecule has 0 bridgehead atoms. The molecule has 0 aliphatic heterocycles. The first-order valence-electron chi connectivity index (χ1n) is 9.10. The lowest BCUT2D eigenvalue weighted by atomic mass is 10.1. The zero-order valence-corrected chi connectivity index (χ0v) is 16.1. The van der Waals surface area contributed by atoms with E-state index in [0.717, 1.165) is 29.9 Å². The summed E-state index contributed by atoms with van der Waals surface area (Å²) in [5.41, 5.74) is 1.95. The summed E-state index contributed by atoms with van der Waals surface area (Å²) >= 11 is 0. The second kappa shape index (κ2) is 10.4. The second-order valence-corrected chi connectivity index (χ2v) is 6.32. The molecule has 7 heteroatoms. The van der Waals surface area contributed by atoms with Crippen LogP contribution in [-0.2, 0) is 13.1 Å². The molecule has 0 radical (unpaired) electrons. The minimum Gasteiger partial charge on any atom is -0.477 e. The number of aliphatic imine (C=N–C) groups is 1. The molecule has 0 spiro atoms. The molecule has 2 rings (SSSR count). The molecule has 0 aliphatic carbocycles. The third-order valence-electron chi connectivity index (χ3n) is 3.86. The van der Waals surface area contributed by atoms with Crippen LogP contribution in [0.4, 0.5) is 0 Å². The van der Waals surface area contributed by atoms with Gasteiger partial charge >= 0.3 is 0 Å². The van der Waals surface area contributed by atoms with Crippen molar-refractivity contribution in [1.82, 2.24) is 20.8 Å². The highest BCUT2D eigenvalue weighted by molar-refractivity contribution is 5.79. The minimum absolute atomic E-state index is 0.349. The summed E-state index contributed by atoms with van der Waals surface area (Å²) in [5, 5.41) is 10.6. The zero-order chi connectivity index (χ0) is 18.8. The van der Waals surface area contributed by atoms with Gasteiger partial charge in [-0.3, -0.25) is 4.99 Å². The molecule has 26 heavy (non-hydrogen) atoms. The van der Waals surface area contributed by atoms with Crippen molar-refractivity contribution in [2.24, 2.45) is 4.99 Å². The number of hydrogen-bond donors (Lipinski definition) is 2. The minimum atomic E-state index is 0.349. The van der Waals surface area contributed by atoms with Crippen LogP contribution in [0.5, 0.6) is 5.88 Å². The van der Waals surface area contributed by atoms with E-state index in [1.165, 1.54) is 0 Å². The lowest BCUT2D eigenvalue weighted by Crippen LogP contribution is -2.36. The summed E-state index contributed by atoms with van der Waals surface area (Å²) in [5.74, 6) is 2.47. The summed E-state index contributed by atoms with van der Waals surface area (Å²) in [6.07, 6.45) is 3.85. The molecule has 2 aromatic heterocycles. The Morgan fingerprint density at radius 2 is 2.12 bits per heavy atom. The van der Waals surface area contributed by atoms with E-state index >= 15 is 0 Å². The summed E-state index contributed by atoms with van der Waals surface area (Å²) in [7, 11) is 1.73. The van der Waals surface area contributed by atoms with Crippen LogP contribution in [0.15, 0.2) is 33.9 Å². The van der Waals surface area contributed by atoms with Crippen molar-refractivity contribution < 1.29 is 9.26 Å². The molecule has 0 atom stereocenters. The Morgan fingerprint density at radius 1 is 1.31 bits per heavy atom. The normalized spacial score (nSPS) is 11.7. The van der Waals surface area contributed by atoms with E-state index in [9.17, 15) is 0 Å². The topological polar surface area (TPSA) is 84.6 Å². The molecule has 0 unspecified atom stereocenters. The van der Waals surface area contributed by atoms with Gasteiger partial charge in [-0.05, 0) is 18.4 Å². The highest BCUT2D eigenvalue weighted by Crippen LogP contribution is 2.15. The lowest BCUT2D eigenvalue weighted by molar-refractivity contribution is 0.294. The molecule has 2 aromatic rings. The van der Waals surface area contributed by atoms with Crippen molar-refractivity contribution in [1.29, 1.82) is 0 Å². The number of nitrogens with one attached hydrogen (secondary N) is 2. The Hall–Kier alpha value is -2.57. The van der Waals surface area contributed by atoms with Crippen LogP contribution in [0.3, 0.4) is 0 Å². The molecule has 0 aromatic carbocycles. The molecule has 7 nitrogen and oxygen atoms in total. The fourth-order valence-corrected chi connectivity index (χ4v) is 2.26. The van der Waals surface area contributed by atoms with Gasteiger partial charge in [0.25, 0.3) is 0 Å². The maximum absolute atomic E-state index is 5.76. The van der Waals surface area contributed by atoms with Crippen molar-refractivity contribution in [3.8, 4) is 5.88 Å². The average Bonchev–Trinajstić information content (AvgIpc) is 3.12. The van der Waals surface area contributed by atoms with Crippen molar-refractivity contribution >= 4 is 5.96 Å². The Labute approximate surface area is 155 Å². The Kier molecular flexibility index (Phi) is 7.92. The van der Waals surface area contributed by atoms with E-state index in [0.29, 0.717) is 37.5 Å². The van der Waals surface area contributed by atoms with Crippen molar-refractivity contribution in [2.45, 2.75) is 52.6 Å². The van der Waals surface area contributed by atoms with E-state index in [2.05, 4.69) is 46.5 Å². The van der Waals surface area contributed by atoms with E-state index < -0.39 is 0 Å². The largest absolute Gasteiger partial charge is 0.477 e. The van der Waals surface area contributed by atoms with Gasteiger partial charge in [0.2, 0.25) is 5.88 Å². The van der Waals surface area contributed by atoms with E-state index in [4.69, 9.17) is 9.26 Å². The maximum Gasteiger partial charge on any atom is 0.218 e. The first-order chi connectivity index (χ1) is 12.6. The number of pyridine rings is 1. The summed E-state index contributed by atoms with van der Waals surface area (Å²) in [6, 6.07) is 5.87. The van der Waals surface area contributed by atoms with Crippen LogP contribution in [0, 0.1) is 0 Å². The predicted octanol–water partition coefficient (Wildman–Crippen LogP) is 3.24. The zero-order valence-electron chi connectivity index (χ0n) is 16.1. The average molecular weight is 359 g/mol. The van der Waals surface area contributed by atoms with Crippen LogP contribution in [-0.4, -0.2) is 29.8 Å². The molecule has 142 valence electrons. The summed E-state index contributed by atoms with van der Waals surface area (Å²) in [4.78, 5) is 8.56. The Balaban J connectivity index is 1.86. The summed E-state index contributed by atoms with van der Waals surface area (Å²) < 4.78 is 11.1. The number of rotatable bonds is 9. The maximum atomic E-state index is 5.76. The quantitative estimate of drug-likeness (QED) is 0.406. The molecular formula is C19H29N5O2. The summed E-state index contributed by atoms with van der Waals surface area (Å²) in [6.45, 7) is 8.08. The fourth-order valence-electron chi connectivity index (χ4n) is 2.26. The molecule has 0 saturated heterocycles. The van der Waals surface area contributed by atoms with Crippen LogP contribution < -0.4 is 15.4 Å². The SMILES string of the molecule is CCCCOc1ncccc1CNC(=NC)NCc1cc(C(C)C)no1. The van der Waals surface area contributed by atoms with Crippen molar-refractivity contribution in [3.05, 3.63) is 41.4 Å². The van der Waals surface area contributed by atoms with Gasteiger partial charge in [-0.15, -0.1) is 0 Å². The van der Waals surface area contributed by atoms with Gasteiger partial charge < -0.3 is 19.9 Å². The number of aromatic nitrogens is 2. The Morgan fingerprint density at radius 3 is 2.81 bits per heavy atom. The number of guanidine groups is 1. The lowest BCUT2D eigenvalue weighted by Gasteiger charge is -2.13. The second-order valence-electron chi connectivity index (χ2n) is 6.32. The van der Waals surface area contributed by atoms with Gasteiger partial charge in [0.15, 0.2) is 11.7 Å². The van der Waals surface area contributed by atoms with Crippen LogP contribution >= 0.6 is 0 Å². The molecular weight excluding hydrogens is 330 g/mol. The third kappa shape index (κ3) is 6.06. The van der Waals surface area contributed by atoms with Gasteiger partial charge in [0.05, 0.1) is 18.8 Å². The van der Waals surface area contributed by atoms with Gasteiger partial charge in [0, 0.05) is 31.4 Å². The Bertz CT molecular complexity index is 697. The van der Waals surface area contributed by atoms with Crippen LogP contribution in [0.1, 0.15) is 56.5 Å². The van der Waals surface area contributed by atoms with Gasteiger partial charge in [0.1, 0.15) is 0 Å². The van der Waals surface area contributed by atoms with Gasteiger partial charge in [-0.1, -0.05) is 38.4 Å². The molecule has 0 fully saturated rings. The van der Waals surface area contributed by atoms with Crippen LogP contribution in [0.2, 0.25) is 0 Å². The number of nitrogens with zero attached hydrogens (tertiary/aromatic N) is 3. The van der Waals surface area contributed by atoms with Crippen molar-refractivity contribution in [2.75, 3.05) is 13.7 Å². The molecule has 2 heterocycles. The van der Waals surface area contributed by atoms with E-state index in [1.807, 2.05) is 18.2 Å². The molecule has 2 N–H and O–H groups in total. The smallest absolute Gasteiger partial charge is 0.218 e. The first-order valence-corrected chi connectivity index (χ1v) is 9.10. The van der Waals surface area contributed by atoms with E-state index in [-0.39, 0.29) is 0 Å². The standard InChI is InChI=1S/C19H29N5O2/c1-5-6-10-25-18-15(8-7-9-21-18)12-22-19(20-4)23-13-16-11-17(14(2)3)24-26-16/h7-9,11,14H,5-6,10,12-13H2,1-4H3,(H2,20,22,23). The van der Waals surface area contributed by atoms with Crippen LogP contribution in [0.25, 0.3) is 0 Å². The monoisotopic (exact) mass is 359 g/mol. The highest BCUT2D eigenvalue weighted by Gasteiger charge is 2.09. The number of unbranched alkanes of at least 4 members (excludes halogenated alkanes) is 1. The number of ether oxygens (including phenoxy) is 1. The first kappa shape index (κ1) is 19.8. The molecule has 0 saturated carbocycles. The molecule has 0 amide bonds. The van der Waals surface area contributed by atoms with E-state index in [1.54, 1.807) is 13.2 Å². The highest BCUT2D eigenvalue weighted by atomic mass is 16.5. The van der Waals surface area contributed by atoms with Gasteiger partial charge in [-0.2, -0.15) is 0 Å². The third-order valence-corrected chi connectivity index (χ3v) is 3.86. The fraction of sp³-hybridized carbons (Fsp3) is 0.526. The van der Waals surface area contributed by atoms with Crippen molar-refractivity contribution in [3.63, 3.8) is 0 Å². The number of hydrogen-bond acceptors (Lipinski definition) is 5. The molecule has 0 aliphatic rings.